The molecule has 0 radical (unpaired) electrons. The van der Waals surface area contributed by atoms with Gasteiger partial charge in [0.15, 0.2) is 0 Å². The molecule has 5 rings (SSSR count). The molecule has 0 spiro atoms. The van der Waals surface area contributed by atoms with Crippen LogP contribution >= 0.6 is 22.6 Å². The van der Waals surface area contributed by atoms with Gasteiger partial charge in [-0.05, 0) is 40.8 Å². The van der Waals surface area contributed by atoms with Crippen molar-refractivity contribution in [3.05, 3.63) is 63.2 Å². The Hall–Kier alpha value is -2.76. The normalized spacial score (nSPS) is 16.8. The number of aromatic amines is 1. The Kier molecular flexibility index (Phi) is 4.42. The molecular formula is C20H20IN7O2. The number of carbonyl (C=O) groups is 1. The number of nitrogens with zero attached hydrogens (tertiary/aromatic N) is 6. The van der Waals surface area contributed by atoms with E-state index in [1.54, 1.807) is 11.2 Å². The Bertz CT molecular complexity index is 1250. The molecule has 0 saturated heterocycles. The molecule has 9 nitrogen and oxygen atoms in total. The van der Waals surface area contributed by atoms with Gasteiger partial charge in [0.25, 0.3) is 0 Å². The molecular weight excluding hydrogens is 497 g/mol. The largest absolute Gasteiger partial charge is 0.416 e. The molecule has 0 aliphatic carbocycles. The summed E-state index contributed by atoms with van der Waals surface area (Å²) in [5.41, 5.74) is 3.18. The van der Waals surface area contributed by atoms with Crippen molar-refractivity contribution in [3.63, 3.8) is 0 Å². The van der Waals surface area contributed by atoms with Crippen LogP contribution in [0, 0.1) is 3.70 Å². The van der Waals surface area contributed by atoms with E-state index in [0.717, 1.165) is 26.3 Å². The summed E-state index contributed by atoms with van der Waals surface area (Å²) in [6.07, 6.45) is 2.33. The molecule has 5 heterocycles. The topological polar surface area (TPSA) is 105 Å². The minimum absolute atomic E-state index is 0.0118. The SMILES string of the molecule is CC(C)(C)c1nnc(C(=O)N2CCc3[nH]cnc3[C@H]2c2cc3cccc(I)n3n2)o1. The van der Waals surface area contributed by atoms with E-state index in [0.29, 0.717) is 18.9 Å². The fraction of sp³-hybridized carbons (Fsp3) is 0.350. The van der Waals surface area contributed by atoms with Gasteiger partial charge in [-0.1, -0.05) is 26.8 Å². The van der Waals surface area contributed by atoms with Crippen molar-refractivity contribution in [1.82, 2.24) is 34.7 Å². The number of imidazole rings is 1. The molecule has 0 aromatic carbocycles. The summed E-state index contributed by atoms with van der Waals surface area (Å²) in [6.45, 7) is 6.39. The van der Waals surface area contributed by atoms with Gasteiger partial charge in [-0.15, -0.1) is 10.2 Å². The zero-order valence-corrected chi connectivity index (χ0v) is 18.9. The second-order valence-electron chi connectivity index (χ2n) is 8.33. The van der Waals surface area contributed by atoms with E-state index in [9.17, 15) is 4.79 Å². The van der Waals surface area contributed by atoms with E-state index in [4.69, 9.17) is 9.52 Å². The average Bonchev–Trinajstić information content (AvgIpc) is 3.44. The second kappa shape index (κ2) is 6.89. The molecule has 1 amide bonds. The first-order valence-corrected chi connectivity index (χ1v) is 10.7. The molecule has 4 aromatic heterocycles. The van der Waals surface area contributed by atoms with Gasteiger partial charge in [-0.25, -0.2) is 9.50 Å². The molecule has 30 heavy (non-hydrogen) atoms. The van der Waals surface area contributed by atoms with Gasteiger partial charge in [0.1, 0.15) is 9.74 Å². The van der Waals surface area contributed by atoms with Crippen LogP contribution < -0.4 is 0 Å². The maximum Gasteiger partial charge on any atom is 0.312 e. The number of halogens is 1. The van der Waals surface area contributed by atoms with Crippen molar-refractivity contribution in [2.24, 2.45) is 0 Å². The molecule has 10 heteroatoms. The van der Waals surface area contributed by atoms with E-state index in [-0.39, 0.29) is 17.2 Å². The first-order valence-electron chi connectivity index (χ1n) is 9.64. The Balaban J connectivity index is 1.59. The maximum absolute atomic E-state index is 13.4. The van der Waals surface area contributed by atoms with Crippen LogP contribution in [0.5, 0.6) is 0 Å². The highest BCUT2D eigenvalue weighted by Crippen LogP contribution is 2.34. The molecule has 1 aliphatic rings. The van der Waals surface area contributed by atoms with E-state index >= 15 is 0 Å². The molecule has 154 valence electrons. The summed E-state index contributed by atoms with van der Waals surface area (Å²) >= 11 is 2.24. The van der Waals surface area contributed by atoms with Gasteiger partial charge in [0.2, 0.25) is 5.89 Å². The lowest BCUT2D eigenvalue weighted by Gasteiger charge is -2.32. The number of amides is 1. The van der Waals surface area contributed by atoms with Gasteiger partial charge < -0.3 is 14.3 Å². The minimum Gasteiger partial charge on any atom is -0.416 e. The number of hydrogen-bond donors (Lipinski definition) is 1. The van der Waals surface area contributed by atoms with Crippen LogP contribution in [0.4, 0.5) is 0 Å². The molecule has 0 fully saturated rings. The van der Waals surface area contributed by atoms with E-state index in [1.165, 1.54) is 0 Å². The van der Waals surface area contributed by atoms with Crippen molar-refractivity contribution in [3.8, 4) is 0 Å². The highest BCUT2D eigenvalue weighted by Gasteiger charge is 2.38. The van der Waals surface area contributed by atoms with Crippen LogP contribution in [0.15, 0.2) is 35.0 Å². The average molecular weight is 517 g/mol. The van der Waals surface area contributed by atoms with Gasteiger partial charge in [0, 0.05) is 24.1 Å². The first-order chi connectivity index (χ1) is 14.3. The first kappa shape index (κ1) is 19.2. The fourth-order valence-corrected chi connectivity index (χ4v) is 4.26. The van der Waals surface area contributed by atoms with Crippen LogP contribution in [-0.2, 0) is 11.8 Å². The predicted octanol–water partition coefficient (Wildman–Crippen LogP) is 3.13. The third kappa shape index (κ3) is 3.09. The summed E-state index contributed by atoms with van der Waals surface area (Å²) in [5, 5.41) is 12.9. The number of hydrogen-bond acceptors (Lipinski definition) is 6. The number of H-pyrrole nitrogens is 1. The lowest BCUT2D eigenvalue weighted by atomic mass is 9.97. The molecule has 1 atom stereocenters. The van der Waals surface area contributed by atoms with Gasteiger partial charge in [0.05, 0.1) is 23.2 Å². The van der Waals surface area contributed by atoms with E-state index in [1.807, 2.05) is 49.6 Å². The van der Waals surface area contributed by atoms with Crippen molar-refractivity contribution in [1.29, 1.82) is 0 Å². The van der Waals surface area contributed by atoms with E-state index < -0.39 is 6.04 Å². The molecule has 1 N–H and O–H groups in total. The predicted molar refractivity (Wildman–Crippen MR) is 116 cm³/mol. The Morgan fingerprint density at radius 2 is 2.13 bits per heavy atom. The van der Waals surface area contributed by atoms with E-state index in [2.05, 4.69) is 42.8 Å². The van der Waals surface area contributed by atoms with Gasteiger partial charge in [-0.3, -0.25) is 4.79 Å². The zero-order chi connectivity index (χ0) is 21.0. The lowest BCUT2D eigenvalue weighted by molar-refractivity contribution is 0.0642. The Morgan fingerprint density at radius 1 is 1.30 bits per heavy atom. The van der Waals surface area contributed by atoms with Crippen molar-refractivity contribution < 1.29 is 9.21 Å². The number of aromatic nitrogens is 6. The van der Waals surface area contributed by atoms with Gasteiger partial charge in [-0.2, -0.15) is 5.10 Å². The van der Waals surface area contributed by atoms with Crippen LogP contribution in [0.2, 0.25) is 0 Å². The van der Waals surface area contributed by atoms with Gasteiger partial charge >= 0.3 is 11.8 Å². The van der Waals surface area contributed by atoms with Crippen molar-refractivity contribution >= 4 is 34.0 Å². The third-order valence-electron chi connectivity index (χ3n) is 5.17. The standard InChI is InChI=1S/C20H20IN7O2/c1-20(2,3)19-25-24-17(30-19)18(29)27-8-7-12-15(23-10-22-12)16(27)13-9-11-5-4-6-14(21)28(11)26-13/h4-6,9-10,16H,7-8H2,1-3H3,(H,22,23)/t16-/m1/s1. The third-order valence-corrected chi connectivity index (χ3v) is 5.99. The van der Waals surface area contributed by atoms with Crippen molar-refractivity contribution in [2.45, 2.75) is 38.6 Å². The summed E-state index contributed by atoms with van der Waals surface area (Å²) in [4.78, 5) is 22.8. The number of carbonyl (C=O) groups excluding carboxylic acids is 1. The lowest BCUT2D eigenvalue weighted by Crippen LogP contribution is -2.41. The molecule has 0 bridgehead atoms. The highest BCUT2D eigenvalue weighted by molar-refractivity contribution is 14.1. The smallest absolute Gasteiger partial charge is 0.312 e. The number of nitrogens with one attached hydrogen (secondary N) is 1. The highest BCUT2D eigenvalue weighted by atomic mass is 127. The van der Waals surface area contributed by atoms with Crippen molar-refractivity contribution in [2.75, 3.05) is 6.54 Å². The molecule has 0 unspecified atom stereocenters. The Labute approximate surface area is 186 Å². The summed E-state index contributed by atoms with van der Waals surface area (Å²) < 4.78 is 8.58. The summed E-state index contributed by atoms with van der Waals surface area (Å²) in [6, 6.07) is 7.52. The molecule has 4 aromatic rings. The molecule has 1 aliphatic heterocycles. The summed E-state index contributed by atoms with van der Waals surface area (Å²) in [7, 11) is 0. The van der Waals surface area contributed by atoms with Crippen LogP contribution in [0.1, 0.15) is 60.5 Å². The second-order valence-corrected chi connectivity index (χ2v) is 9.44. The maximum atomic E-state index is 13.4. The number of pyridine rings is 1. The van der Waals surface area contributed by atoms with Crippen LogP contribution in [0.3, 0.4) is 0 Å². The summed E-state index contributed by atoms with van der Waals surface area (Å²) in [5.74, 6) is 0.104. The fourth-order valence-electron chi connectivity index (χ4n) is 3.67. The quantitative estimate of drug-likeness (QED) is 0.324. The molecule has 0 saturated carbocycles. The van der Waals surface area contributed by atoms with Crippen LogP contribution in [-0.4, -0.2) is 47.1 Å². The van der Waals surface area contributed by atoms with Crippen LogP contribution in [0.25, 0.3) is 5.52 Å². The number of fused-ring (bicyclic) bond motifs is 2. The minimum atomic E-state index is -0.437. The monoisotopic (exact) mass is 517 g/mol. The Morgan fingerprint density at radius 3 is 2.87 bits per heavy atom. The number of rotatable bonds is 2. The zero-order valence-electron chi connectivity index (χ0n) is 16.8.